The molecular weight excluding hydrogens is 520 g/mol. The fourth-order valence-corrected chi connectivity index (χ4v) is 7.00. The zero-order valence-corrected chi connectivity index (χ0v) is 22.4. The molecule has 0 saturated carbocycles. The first kappa shape index (κ1) is 24.6. The van der Waals surface area contributed by atoms with Gasteiger partial charge >= 0.3 is 0 Å². The number of anilines is 2. The molecule has 1 amide bonds. The van der Waals surface area contributed by atoms with Gasteiger partial charge in [0.2, 0.25) is 5.91 Å². The molecule has 196 valence electrons. The quantitative estimate of drug-likeness (QED) is 0.298. The maximum Gasteiger partial charge on any atom is 0.238 e. The number of nitrogens with one attached hydrogen (secondary N) is 1. The molecule has 3 heterocycles. The molecule has 4 aromatic carbocycles. The zero-order valence-electron chi connectivity index (χ0n) is 21.7. The van der Waals surface area contributed by atoms with E-state index in [1.807, 2.05) is 90.7 Å². The number of aryl methyl sites for hydroxylation is 1. The molecule has 1 spiro atoms. The van der Waals surface area contributed by atoms with Gasteiger partial charge < -0.3 is 10.2 Å². The SMILES string of the molecule is Cc1ccc(C(=O)C2C(C(=O)c3ccccc3)N3c4ccc(Cl)cc4C=CC3C23C(=O)Nc2ccccc23)cc1. The third kappa shape index (κ3) is 3.37. The number of benzene rings is 4. The van der Waals surface area contributed by atoms with Crippen LogP contribution in [0.1, 0.15) is 37.4 Å². The molecule has 0 aromatic heterocycles. The Hall–Kier alpha value is -4.48. The summed E-state index contributed by atoms with van der Waals surface area (Å²) in [5.74, 6) is -1.72. The Balaban J connectivity index is 1.54. The van der Waals surface area contributed by atoms with E-state index in [-0.39, 0.29) is 17.5 Å². The average molecular weight is 545 g/mol. The number of rotatable bonds is 4. The van der Waals surface area contributed by atoms with Gasteiger partial charge in [-0.2, -0.15) is 0 Å². The normalized spacial score (nSPS) is 23.9. The van der Waals surface area contributed by atoms with Crippen molar-refractivity contribution in [1.82, 2.24) is 0 Å². The first-order valence-electron chi connectivity index (χ1n) is 13.3. The number of nitrogens with zero attached hydrogens (tertiary/aromatic N) is 1. The summed E-state index contributed by atoms with van der Waals surface area (Å²) in [6.07, 6.45) is 3.90. The fraction of sp³-hybridized carbons (Fsp3) is 0.147. The van der Waals surface area contributed by atoms with Gasteiger partial charge in [0.25, 0.3) is 0 Å². The van der Waals surface area contributed by atoms with Crippen LogP contribution in [-0.4, -0.2) is 29.6 Å². The minimum absolute atomic E-state index is 0.207. The highest BCUT2D eigenvalue weighted by Gasteiger charge is 2.70. The number of ketones is 2. The first-order valence-corrected chi connectivity index (χ1v) is 13.7. The first-order chi connectivity index (χ1) is 19.4. The molecule has 7 rings (SSSR count). The van der Waals surface area contributed by atoms with Crippen LogP contribution in [0.2, 0.25) is 5.02 Å². The standard InChI is InChI=1S/C34H25ClN2O3/c1-20-11-13-22(14-12-20)31(38)29-30(32(39)21-7-3-2-4-8-21)37-27-17-16-24(35)19-23(27)15-18-28(37)34(29)25-9-5-6-10-26(25)36-33(34)40/h2-19,28-30H,1H3,(H,36,40). The molecule has 1 saturated heterocycles. The van der Waals surface area contributed by atoms with Crippen molar-refractivity contribution < 1.29 is 14.4 Å². The Labute approximate surface area is 237 Å². The van der Waals surface area contributed by atoms with Crippen LogP contribution < -0.4 is 10.2 Å². The number of para-hydroxylation sites is 1. The molecule has 1 N–H and O–H groups in total. The van der Waals surface area contributed by atoms with Crippen molar-refractivity contribution in [2.24, 2.45) is 5.92 Å². The van der Waals surface area contributed by atoms with Crippen LogP contribution in [0.4, 0.5) is 11.4 Å². The highest BCUT2D eigenvalue weighted by molar-refractivity contribution is 6.31. The van der Waals surface area contributed by atoms with Crippen molar-refractivity contribution in [3.8, 4) is 0 Å². The van der Waals surface area contributed by atoms with Crippen molar-refractivity contribution in [3.05, 3.63) is 136 Å². The molecule has 4 unspecified atom stereocenters. The van der Waals surface area contributed by atoms with E-state index in [2.05, 4.69) is 5.32 Å². The van der Waals surface area contributed by atoms with E-state index in [4.69, 9.17) is 11.6 Å². The second kappa shape index (κ2) is 9.04. The molecule has 4 atom stereocenters. The van der Waals surface area contributed by atoms with Crippen LogP contribution in [0, 0.1) is 12.8 Å². The van der Waals surface area contributed by atoms with E-state index in [0.29, 0.717) is 21.8 Å². The number of hydrogen-bond donors (Lipinski definition) is 1. The van der Waals surface area contributed by atoms with E-state index < -0.39 is 23.4 Å². The minimum Gasteiger partial charge on any atom is -0.352 e. The van der Waals surface area contributed by atoms with Crippen molar-refractivity contribution in [2.75, 3.05) is 10.2 Å². The zero-order chi connectivity index (χ0) is 27.6. The van der Waals surface area contributed by atoms with Crippen molar-refractivity contribution >= 4 is 46.5 Å². The Kier molecular flexibility index (Phi) is 5.55. The van der Waals surface area contributed by atoms with Crippen molar-refractivity contribution in [3.63, 3.8) is 0 Å². The van der Waals surface area contributed by atoms with E-state index in [9.17, 15) is 14.4 Å². The molecule has 0 aliphatic carbocycles. The molecule has 5 nitrogen and oxygen atoms in total. The van der Waals surface area contributed by atoms with Gasteiger partial charge in [-0.25, -0.2) is 0 Å². The third-order valence-corrected chi connectivity index (χ3v) is 8.78. The topological polar surface area (TPSA) is 66.5 Å². The third-order valence-electron chi connectivity index (χ3n) is 8.54. The highest BCUT2D eigenvalue weighted by Crippen LogP contribution is 2.58. The molecule has 6 heteroatoms. The van der Waals surface area contributed by atoms with E-state index in [1.165, 1.54) is 0 Å². The molecule has 3 aliphatic heterocycles. The lowest BCUT2D eigenvalue weighted by Crippen LogP contribution is -2.51. The molecule has 4 aromatic rings. The van der Waals surface area contributed by atoms with Crippen LogP contribution >= 0.6 is 11.6 Å². The van der Waals surface area contributed by atoms with Crippen LogP contribution in [0.3, 0.4) is 0 Å². The molecule has 0 bridgehead atoms. The predicted octanol–water partition coefficient (Wildman–Crippen LogP) is 6.50. The number of Topliss-reactive ketones (excluding diaryl/α,β-unsaturated/α-hetero) is 2. The van der Waals surface area contributed by atoms with Gasteiger partial charge in [0, 0.05) is 27.5 Å². The van der Waals surface area contributed by atoms with Gasteiger partial charge in [-0.05, 0) is 42.3 Å². The smallest absolute Gasteiger partial charge is 0.238 e. The molecule has 3 aliphatic rings. The lowest BCUT2D eigenvalue weighted by molar-refractivity contribution is -0.121. The number of fused-ring (bicyclic) bond motifs is 6. The average Bonchev–Trinajstić information content (AvgIpc) is 3.45. The summed E-state index contributed by atoms with van der Waals surface area (Å²) in [5.41, 5.74) is 3.64. The predicted molar refractivity (Wildman–Crippen MR) is 157 cm³/mol. The maximum atomic E-state index is 14.7. The van der Waals surface area contributed by atoms with Crippen LogP contribution in [0.15, 0.2) is 103 Å². The maximum absolute atomic E-state index is 14.7. The second-order valence-corrected chi connectivity index (χ2v) is 11.1. The summed E-state index contributed by atoms with van der Waals surface area (Å²) in [6, 6.07) is 27.8. The Morgan fingerprint density at radius 2 is 1.55 bits per heavy atom. The number of carbonyl (C=O) groups excluding carboxylic acids is 3. The van der Waals surface area contributed by atoms with Gasteiger partial charge in [-0.3, -0.25) is 14.4 Å². The largest absolute Gasteiger partial charge is 0.352 e. The summed E-state index contributed by atoms with van der Waals surface area (Å²) in [5, 5.41) is 3.62. The lowest BCUT2D eigenvalue weighted by Gasteiger charge is -2.37. The van der Waals surface area contributed by atoms with Gasteiger partial charge in [-0.15, -0.1) is 0 Å². The summed E-state index contributed by atoms with van der Waals surface area (Å²) in [4.78, 5) is 45.6. The molecule has 1 fully saturated rings. The van der Waals surface area contributed by atoms with Gasteiger partial charge in [0.05, 0.1) is 12.0 Å². The Bertz CT molecular complexity index is 1730. The summed E-state index contributed by atoms with van der Waals surface area (Å²) in [7, 11) is 0. The Morgan fingerprint density at radius 3 is 2.33 bits per heavy atom. The lowest BCUT2D eigenvalue weighted by atomic mass is 9.64. The van der Waals surface area contributed by atoms with Crippen LogP contribution in [-0.2, 0) is 10.2 Å². The number of halogens is 1. The molecule has 40 heavy (non-hydrogen) atoms. The monoisotopic (exact) mass is 544 g/mol. The van der Waals surface area contributed by atoms with E-state index in [1.54, 1.807) is 30.3 Å². The van der Waals surface area contributed by atoms with Crippen LogP contribution in [0.25, 0.3) is 6.08 Å². The van der Waals surface area contributed by atoms with Gasteiger partial charge in [0.1, 0.15) is 11.5 Å². The van der Waals surface area contributed by atoms with E-state index in [0.717, 1.165) is 22.4 Å². The number of carbonyl (C=O) groups is 3. The van der Waals surface area contributed by atoms with Gasteiger partial charge in [-0.1, -0.05) is 102 Å². The van der Waals surface area contributed by atoms with Crippen molar-refractivity contribution in [2.45, 2.75) is 24.4 Å². The molecule has 0 radical (unpaired) electrons. The van der Waals surface area contributed by atoms with Gasteiger partial charge in [0.15, 0.2) is 11.6 Å². The second-order valence-electron chi connectivity index (χ2n) is 10.7. The fourth-order valence-electron chi connectivity index (χ4n) is 6.82. The summed E-state index contributed by atoms with van der Waals surface area (Å²) >= 11 is 6.36. The highest BCUT2D eigenvalue weighted by atomic mass is 35.5. The summed E-state index contributed by atoms with van der Waals surface area (Å²) in [6.45, 7) is 1.96. The van der Waals surface area contributed by atoms with E-state index >= 15 is 0 Å². The minimum atomic E-state index is -1.33. The van der Waals surface area contributed by atoms with Crippen LogP contribution in [0.5, 0.6) is 0 Å². The molecular formula is C34H25ClN2O3. The number of hydrogen-bond acceptors (Lipinski definition) is 4. The Morgan fingerprint density at radius 1 is 0.850 bits per heavy atom. The number of amides is 1. The summed E-state index contributed by atoms with van der Waals surface area (Å²) < 4.78 is 0. The van der Waals surface area contributed by atoms with Crippen molar-refractivity contribution in [1.29, 1.82) is 0 Å².